The standard InChI is InChI=1S/C10H19ClO2S/c1-8(2)14(12,13)7-6-9-4-3-5-10(9)11/h8-10H,3-7H2,1-2H3. The summed E-state index contributed by atoms with van der Waals surface area (Å²) in [4.78, 5) is 0. The van der Waals surface area contributed by atoms with Crippen LogP contribution >= 0.6 is 11.6 Å². The van der Waals surface area contributed by atoms with Crippen molar-refractivity contribution >= 4 is 21.4 Å². The highest BCUT2D eigenvalue weighted by Gasteiger charge is 2.27. The maximum atomic E-state index is 11.6. The van der Waals surface area contributed by atoms with E-state index in [1.165, 1.54) is 0 Å². The van der Waals surface area contributed by atoms with Gasteiger partial charge in [-0.2, -0.15) is 0 Å². The molecule has 0 aromatic heterocycles. The monoisotopic (exact) mass is 238 g/mol. The number of rotatable bonds is 4. The van der Waals surface area contributed by atoms with Crippen molar-refractivity contribution in [1.29, 1.82) is 0 Å². The van der Waals surface area contributed by atoms with Crippen molar-refractivity contribution in [1.82, 2.24) is 0 Å². The molecule has 84 valence electrons. The molecule has 0 aromatic rings. The SMILES string of the molecule is CC(C)S(=O)(=O)CCC1CCCC1Cl. The Kier molecular flexibility index (Phi) is 4.26. The molecule has 0 saturated heterocycles. The number of halogens is 1. The Hall–Kier alpha value is 0.240. The van der Waals surface area contributed by atoms with Crippen molar-refractivity contribution < 1.29 is 8.42 Å². The van der Waals surface area contributed by atoms with Gasteiger partial charge in [0.05, 0.1) is 11.0 Å². The van der Waals surface area contributed by atoms with Crippen molar-refractivity contribution in [2.45, 2.75) is 50.2 Å². The van der Waals surface area contributed by atoms with Crippen LogP contribution in [0.15, 0.2) is 0 Å². The second kappa shape index (κ2) is 4.84. The summed E-state index contributed by atoms with van der Waals surface area (Å²) < 4.78 is 23.1. The van der Waals surface area contributed by atoms with Crippen LogP contribution in [-0.2, 0) is 9.84 Å². The molecule has 0 aliphatic heterocycles. The van der Waals surface area contributed by atoms with Crippen LogP contribution in [0.25, 0.3) is 0 Å². The molecule has 4 heteroatoms. The molecule has 0 aromatic carbocycles. The minimum atomic E-state index is -2.87. The lowest BCUT2D eigenvalue weighted by atomic mass is 10.1. The van der Waals surface area contributed by atoms with Gasteiger partial charge in [0.25, 0.3) is 0 Å². The summed E-state index contributed by atoms with van der Waals surface area (Å²) in [7, 11) is -2.87. The van der Waals surface area contributed by atoms with Crippen LogP contribution in [0.4, 0.5) is 0 Å². The second-order valence-electron chi connectivity index (χ2n) is 4.41. The third-order valence-electron chi connectivity index (χ3n) is 3.06. The molecule has 2 nitrogen and oxygen atoms in total. The molecule has 14 heavy (non-hydrogen) atoms. The summed E-state index contributed by atoms with van der Waals surface area (Å²) in [6, 6.07) is 0. The molecule has 1 saturated carbocycles. The van der Waals surface area contributed by atoms with E-state index in [2.05, 4.69) is 0 Å². The van der Waals surface area contributed by atoms with Crippen LogP contribution in [0.5, 0.6) is 0 Å². The third kappa shape index (κ3) is 3.13. The first kappa shape index (κ1) is 12.3. The van der Waals surface area contributed by atoms with Gasteiger partial charge >= 0.3 is 0 Å². The topological polar surface area (TPSA) is 34.1 Å². The number of hydrogen-bond donors (Lipinski definition) is 0. The van der Waals surface area contributed by atoms with Crippen LogP contribution in [0.1, 0.15) is 39.5 Å². The lowest BCUT2D eigenvalue weighted by Gasteiger charge is -2.14. The maximum Gasteiger partial charge on any atom is 0.152 e. The third-order valence-corrected chi connectivity index (χ3v) is 5.87. The summed E-state index contributed by atoms with van der Waals surface area (Å²) in [6.07, 6.45) is 4.05. The summed E-state index contributed by atoms with van der Waals surface area (Å²) in [5.41, 5.74) is 0. The Bertz CT molecular complexity index is 272. The van der Waals surface area contributed by atoms with E-state index in [0.717, 1.165) is 25.7 Å². The predicted octanol–water partition coefficient (Wildman–Crippen LogP) is 2.61. The molecule has 0 bridgehead atoms. The van der Waals surface area contributed by atoms with E-state index in [9.17, 15) is 8.42 Å². The van der Waals surface area contributed by atoms with Gasteiger partial charge in [0.15, 0.2) is 9.84 Å². The van der Waals surface area contributed by atoms with E-state index in [0.29, 0.717) is 11.7 Å². The van der Waals surface area contributed by atoms with E-state index < -0.39 is 9.84 Å². The highest BCUT2D eigenvalue weighted by molar-refractivity contribution is 7.91. The molecule has 0 amide bonds. The average molecular weight is 239 g/mol. The molecule has 1 rings (SSSR count). The Morgan fingerprint density at radius 3 is 2.43 bits per heavy atom. The first-order chi connectivity index (χ1) is 6.43. The van der Waals surface area contributed by atoms with Gasteiger partial charge in [0, 0.05) is 5.38 Å². The molecule has 1 aliphatic carbocycles. The molecule has 0 N–H and O–H groups in total. The first-order valence-corrected chi connectivity index (χ1v) is 7.44. The summed E-state index contributed by atoms with van der Waals surface area (Å²) >= 11 is 6.09. The van der Waals surface area contributed by atoms with Gasteiger partial charge in [-0.05, 0) is 39.0 Å². The van der Waals surface area contributed by atoms with Gasteiger partial charge in [-0.25, -0.2) is 8.42 Å². The molecule has 0 heterocycles. The molecule has 0 spiro atoms. The normalized spacial score (nSPS) is 28.6. The quantitative estimate of drug-likeness (QED) is 0.706. The Morgan fingerprint density at radius 2 is 2.00 bits per heavy atom. The van der Waals surface area contributed by atoms with Gasteiger partial charge in [-0.15, -0.1) is 11.6 Å². The van der Waals surface area contributed by atoms with E-state index >= 15 is 0 Å². The zero-order chi connectivity index (χ0) is 10.8. The molecular formula is C10H19ClO2S. The van der Waals surface area contributed by atoms with Gasteiger partial charge in [0.1, 0.15) is 0 Å². The molecular weight excluding hydrogens is 220 g/mol. The highest BCUT2D eigenvalue weighted by atomic mass is 35.5. The fraction of sp³-hybridized carbons (Fsp3) is 1.00. The van der Waals surface area contributed by atoms with Crippen LogP contribution in [-0.4, -0.2) is 24.8 Å². The molecule has 2 atom stereocenters. The lowest BCUT2D eigenvalue weighted by molar-refractivity contribution is 0.523. The molecule has 0 radical (unpaired) electrons. The van der Waals surface area contributed by atoms with E-state index in [1.807, 2.05) is 0 Å². The van der Waals surface area contributed by atoms with E-state index in [1.54, 1.807) is 13.8 Å². The van der Waals surface area contributed by atoms with Gasteiger partial charge in [-0.1, -0.05) is 6.42 Å². The first-order valence-electron chi connectivity index (χ1n) is 5.29. The number of sulfone groups is 1. The fourth-order valence-corrected chi connectivity index (χ4v) is 3.38. The van der Waals surface area contributed by atoms with Gasteiger partial charge in [-0.3, -0.25) is 0 Å². The van der Waals surface area contributed by atoms with Gasteiger partial charge in [0.2, 0.25) is 0 Å². The number of alkyl halides is 1. The smallest absolute Gasteiger partial charge is 0.152 e. The Labute approximate surface area is 91.9 Å². The summed E-state index contributed by atoms with van der Waals surface area (Å²) in [5.74, 6) is 0.726. The largest absolute Gasteiger partial charge is 0.229 e. The molecule has 2 unspecified atom stereocenters. The lowest BCUT2D eigenvalue weighted by Crippen LogP contribution is -2.21. The predicted molar refractivity (Wildman–Crippen MR) is 60.5 cm³/mol. The van der Waals surface area contributed by atoms with Crippen molar-refractivity contribution in [2.24, 2.45) is 5.92 Å². The van der Waals surface area contributed by atoms with Crippen LogP contribution < -0.4 is 0 Å². The zero-order valence-corrected chi connectivity index (χ0v) is 10.4. The maximum absolute atomic E-state index is 11.6. The minimum Gasteiger partial charge on any atom is -0.229 e. The average Bonchev–Trinajstić information content (AvgIpc) is 2.47. The summed E-state index contributed by atoms with van der Waals surface area (Å²) in [5, 5.41) is -0.0463. The minimum absolute atomic E-state index is 0.206. The molecule has 1 fully saturated rings. The van der Waals surface area contributed by atoms with Crippen LogP contribution in [0.2, 0.25) is 0 Å². The van der Waals surface area contributed by atoms with Crippen molar-refractivity contribution in [3.63, 3.8) is 0 Å². The van der Waals surface area contributed by atoms with Crippen LogP contribution in [0.3, 0.4) is 0 Å². The van der Waals surface area contributed by atoms with E-state index in [-0.39, 0.29) is 10.6 Å². The van der Waals surface area contributed by atoms with E-state index in [4.69, 9.17) is 11.6 Å². The van der Waals surface area contributed by atoms with Crippen molar-refractivity contribution in [2.75, 3.05) is 5.75 Å². The van der Waals surface area contributed by atoms with Gasteiger partial charge < -0.3 is 0 Å². The zero-order valence-electron chi connectivity index (χ0n) is 8.87. The molecule has 1 aliphatic rings. The Morgan fingerprint density at radius 1 is 1.36 bits per heavy atom. The van der Waals surface area contributed by atoms with Crippen LogP contribution in [0, 0.1) is 5.92 Å². The summed E-state index contributed by atoms with van der Waals surface area (Å²) in [6.45, 7) is 3.48. The highest BCUT2D eigenvalue weighted by Crippen LogP contribution is 2.32. The fourth-order valence-electron chi connectivity index (χ4n) is 1.87. The van der Waals surface area contributed by atoms with Crippen molar-refractivity contribution in [3.05, 3.63) is 0 Å². The number of hydrogen-bond acceptors (Lipinski definition) is 2. The second-order valence-corrected chi connectivity index (χ2v) is 7.65. The Balaban J connectivity index is 2.40. The van der Waals surface area contributed by atoms with Crippen molar-refractivity contribution in [3.8, 4) is 0 Å².